The monoisotopic (exact) mass is 301 g/mol. The molecule has 116 valence electrons. The molecule has 0 saturated carbocycles. The maximum Gasteiger partial charge on any atom is 0.326 e. The summed E-state index contributed by atoms with van der Waals surface area (Å²) < 4.78 is 31.1. The minimum Gasteiger partial charge on any atom is -0.480 e. The number of hydrogen-bond donors (Lipinski definition) is 2. The lowest BCUT2D eigenvalue weighted by Gasteiger charge is -2.14. The molecular formula is C14H17F2NO4. The molecule has 7 heteroatoms. The van der Waals surface area contributed by atoms with E-state index < -0.39 is 29.6 Å². The Labute approximate surface area is 120 Å². The molecule has 1 aromatic rings. The summed E-state index contributed by atoms with van der Waals surface area (Å²) in [5.41, 5.74) is 0.0777. The molecule has 5 nitrogen and oxygen atoms in total. The predicted molar refractivity (Wildman–Crippen MR) is 70.7 cm³/mol. The summed E-state index contributed by atoms with van der Waals surface area (Å²) in [4.78, 5) is 22.6. The number of benzene rings is 1. The van der Waals surface area contributed by atoms with Crippen LogP contribution in [0.25, 0.3) is 0 Å². The van der Waals surface area contributed by atoms with E-state index >= 15 is 0 Å². The Bertz CT molecular complexity index is 508. The van der Waals surface area contributed by atoms with Gasteiger partial charge < -0.3 is 15.2 Å². The standard InChI is InChI=1S/C14H17F2NO4/c1-21-8-7-11(14(19)20)17-12(18)6-5-9-3-2-4-10(15)13(9)16/h2-4,11H,5-8H2,1H3,(H,17,18)(H,19,20). The van der Waals surface area contributed by atoms with Crippen molar-refractivity contribution in [2.24, 2.45) is 0 Å². The topological polar surface area (TPSA) is 75.6 Å². The first kappa shape index (κ1) is 17.0. The third-order valence-corrected chi connectivity index (χ3v) is 2.90. The number of aliphatic carboxylic acids is 1. The smallest absolute Gasteiger partial charge is 0.326 e. The highest BCUT2D eigenvalue weighted by molar-refractivity contribution is 5.83. The van der Waals surface area contributed by atoms with Gasteiger partial charge in [-0.3, -0.25) is 4.79 Å². The van der Waals surface area contributed by atoms with Gasteiger partial charge in [0.15, 0.2) is 11.6 Å². The van der Waals surface area contributed by atoms with E-state index in [2.05, 4.69) is 5.32 Å². The molecule has 21 heavy (non-hydrogen) atoms. The van der Waals surface area contributed by atoms with Crippen LogP contribution >= 0.6 is 0 Å². The van der Waals surface area contributed by atoms with Crippen molar-refractivity contribution in [2.75, 3.05) is 13.7 Å². The van der Waals surface area contributed by atoms with Crippen molar-refractivity contribution < 1.29 is 28.2 Å². The van der Waals surface area contributed by atoms with E-state index in [-0.39, 0.29) is 31.4 Å². The number of carbonyl (C=O) groups is 2. The predicted octanol–water partition coefficient (Wildman–Crippen LogP) is 1.50. The van der Waals surface area contributed by atoms with Gasteiger partial charge in [0.05, 0.1) is 0 Å². The van der Waals surface area contributed by atoms with E-state index in [0.29, 0.717) is 0 Å². The number of carbonyl (C=O) groups excluding carboxylic acids is 1. The summed E-state index contributed by atoms with van der Waals surface area (Å²) in [7, 11) is 1.42. The molecule has 0 bridgehead atoms. The molecule has 1 aromatic carbocycles. The van der Waals surface area contributed by atoms with Gasteiger partial charge in [-0.25, -0.2) is 13.6 Å². The van der Waals surface area contributed by atoms with Crippen molar-refractivity contribution in [3.05, 3.63) is 35.4 Å². The molecule has 1 unspecified atom stereocenters. The number of halogens is 2. The van der Waals surface area contributed by atoms with Crippen LogP contribution in [0.2, 0.25) is 0 Å². The first-order valence-electron chi connectivity index (χ1n) is 6.39. The van der Waals surface area contributed by atoms with E-state index in [1.807, 2.05) is 0 Å². The molecule has 0 heterocycles. The summed E-state index contributed by atoms with van der Waals surface area (Å²) in [5.74, 6) is -3.67. The molecular weight excluding hydrogens is 284 g/mol. The quantitative estimate of drug-likeness (QED) is 0.763. The Kier molecular flexibility index (Phi) is 6.74. The summed E-state index contributed by atoms with van der Waals surface area (Å²) in [6.07, 6.45) is -0.00488. The zero-order valence-corrected chi connectivity index (χ0v) is 11.6. The molecule has 0 aliphatic heterocycles. The zero-order chi connectivity index (χ0) is 15.8. The van der Waals surface area contributed by atoms with Gasteiger partial charge in [0.1, 0.15) is 6.04 Å². The Balaban J connectivity index is 2.52. The first-order valence-corrected chi connectivity index (χ1v) is 6.39. The van der Waals surface area contributed by atoms with Crippen LogP contribution in [0.5, 0.6) is 0 Å². The van der Waals surface area contributed by atoms with Crippen LogP contribution in [-0.2, 0) is 20.7 Å². The molecule has 1 atom stereocenters. The van der Waals surface area contributed by atoms with Crippen LogP contribution in [0.1, 0.15) is 18.4 Å². The second-order valence-electron chi connectivity index (χ2n) is 4.45. The maximum absolute atomic E-state index is 13.4. The largest absolute Gasteiger partial charge is 0.480 e. The molecule has 0 fully saturated rings. The van der Waals surface area contributed by atoms with Crippen molar-refractivity contribution in [1.82, 2.24) is 5.32 Å². The van der Waals surface area contributed by atoms with E-state index in [9.17, 15) is 18.4 Å². The fourth-order valence-electron chi connectivity index (χ4n) is 1.75. The maximum atomic E-state index is 13.4. The summed E-state index contributed by atoms with van der Waals surface area (Å²) in [6, 6.07) is 2.66. The summed E-state index contributed by atoms with van der Waals surface area (Å²) >= 11 is 0. The molecule has 2 N–H and O–H groups in total. The molecule has 1 rings (SSSR count). The number of nitrogens with one attached hydrogen (secondary N) is 1. The van der Waals surface area contributed by atoms with E-state index in [4.69, 9.17) is 9.84 Å². The zero-order valence-electron chi connectivity index (χ0n) is 11.6. The number of ether oxygens (including phenoxy) is 1. The van der Waals surface area contributed by atoms with Crippen LogP contribution in [-0.4, -0.2) is 36.7 Å². The number of rotatable bonds is 8. The fourth-order valence-corrected chi connectivity index (χ4v) is 1.75. The van der Waals surface area contributed by atoms with Gasteiger partial charge in [0.2, 0.25) is 5.91 Å². The van der Waals surface area contributed by atoms with Crippen molar-refractivity contribution in [2.45, 2.75) is 25.3 Å². The Morgan fingerprint density at radius 3 is 2.71 bits per heavy atom. The van der Waals surface area contributed by atoms with Crippen LogP contribution < -0.4 is 5.32 Å². The van der Waals surface area contributed by atoms with Crippen LogP contribution in [0.3, 0.4) is 0 Å². The fraction of sp³-hybridized carbons (Fsp3) is 0.429. The number of aryl methyl sites for hydroxylation is 1. The molecule has 0 aromatic heterocycles. The molecule has 0 aliphatic rings. The van der Waals surface area contributed by atoms with Crippen molar-refractivity contribution >= 4 is 11.9 Å². The highest BCUT2D eigenvalue weighted by atomic mass is 19.2. The van der Waals surface area contributed by atoms with Gasteiger partial charge in [-0.15, -0.1) is 0 Å². The van der Waals surface area contributed by atoms with Crippen LogP contribution in [0, 0.1) is 11.6 Å². The van der Waals surface area contributed by atoms with Crippen molar-refractivity contribution in [1.29, 1.82) is 0 Å². The molecule has 0 saturated heterocycles. The highest BCUT2D eigenvalue weighted by Crippen LogP contribution is 2.13. The number of hydrogen-bond acceptors (Lipinski definition) is 3. The number of carboxylic acid groups (broad SMARTS) is 1. The van der Waals surface area contributed by atoms with Gasteiger partial charge >= 0.3 is 5.97 Å². The van der Waals surface area contributed by atoms with Gasteiger partial charge in [-0.1, -0.05) is 12.1 Å². The molecule has 0 spiro atoms. The van der Waals surface area contributed by atoms with Crippen molar-refractivity contribution in [3.8, 4) is 0 Å². The summed E-state index contributed by atoms with van der Waals surface area (Å²) in [5, 5.41) is 11.3. The van der Waals surface area contributed by atoms with Gasteiger partial charge in [-0.05, 0) is 18.1 Å². The Morgan fingerprint density at radius 2 is 2.10 bits per heavy atom. The normalized spacial score (nSPS) is 12.0. The SMILES string of the molecule is COCCC(NC(=O)CCc1cccc(F)c1F)C(=O)O. The van der Waals surface area contributed by atoms with Gasteiger partial charge in [0.25, 0.3) is 0 Å². The summed E-state index contributed by atoms with van der Waals surface area (Å²) in [6.45, 7) is 0.190. The number of methoxy groups -OCH3 is 1. The lowest BCUT2D eigenvalue weighted by Crippen LogP contribution is -2.41. The Hall–Kier alpha value is -2.02. The number of carboxylic acids is 1. The van der Waals surface area contributed by atoms with E-state index in [1.165, 1.54) is 19.2 Å². The van der Waals surface area contributed by atoms with E-state index in [0.717, 1.165) is 6.07 Å². The van der Waals surface area contributed by atoms with Crippen LogP contribution in [0.15, 0.2) is 18.2 Å². The van der Waals surface area contributed by atoms with Crippen LogP contribution in [0.4, 0.5) is 8.78 Å². The van der Waals surface area contributed by atoms with Crippen molar-refractivity contribution in [3.63, 3.8) is 0 Å². The third-order valence-electron chi connectivity index (χ3n) is 2.90. The molecule has 0 radical (unpaired) electrons. The Morgan fingerprint density at radius 1 is 1.38 bits per heavy atom. The number of amides is 1. The van der Waals surface area contributed by atoms with E-state index in [1.54, 1.807) is 0 Å². The lowest BCUT2D eigenvalue weighted by molar-refractivity contribution is -0.142. The minimum absolute atomic E-state index is 0.00789. The van der Waals surface area contributed by atoms with Gasteiger partial charge in [-0.2, -0.15) is 0 Å². The first-order chi connectivity index (χ1) is 9.95. The molecule has 1 amide bonds. The third kappa shape index (κ3) is 5.47. The molecule has 0 aliphatic carbocycles. The average Bonchev–Trinajstić information content (AvgIpc) is 2.44. The minimum atomic E-state index is -1.17. The lowest BCUT2D eigenvalue weighted by atomic mass is 10.1. The second-order valence-corrected chi connectivity index (χ2v) is 4.45. The highest BCUT2D eigenvalue weighted by Gasteiger charge is 2.19. The average molecular weight is 301 g/mol. The second kappa shape index (κ2) is 8.31. The van der Waals surface area contributed by atoms with Gasteiger partial charge in [0, 0.05) is 26.6 Å².